The Balaban J connectivity index is 2.04. The van der Waals surface area contributed by atoms with Crippen LogP contribution in [-0.2, 0) is 0 Å². The summed E-state index contributed by atoms with van der Waals surface area (Å²) in [4.78, 5) is 8.86. The van der Waals surface area contributed by atoms with Gasteiger partial charge in [-0.3, -0.25) is 4.98 Å². The number of nitrogens with two attached hydrogens (primary N) is 1. The van der Waals surface area contributed by atoms with Crippen LogP contribution in [0.15, 0.2) is 36.7 Å². The van der Waals surface area contributed by atoms with Gasteiger partial charge < -0.3 is 10.3 Å². The van der Waals surface area contributed by atoms with Gasteiger partial charge in [0.2, 0.25) is 0 Å². The lowest BCUT2D eigenvalue weighted by Crippen LogP contribution is -2.00. The Bertz CT molecular complexity index is 805. The van der Waals surface area contributed by atoms with E-state index in [0.717, 1.165) is 22.4 Å². The van der Waals surface area contributed by atoms with Crippen LogP contribution in [0.1, 0.15) is 18.9 Å². The van der Waals surface area contributed by atoms with Crippen molar-refractivity contribution in [3.8, 4) is 11.4 Å². The van der Waals surface area contributed by atoms with Gasteiger partial charge in [-0.25, -0.2) is 4.98 Å². The first kappa shape index (κ1) is 11.7. The van der Waals surface area contributed by atoms with E-state index in [1.165, 1.54) is 12.8 Å². The Hall–Kier alpha value is -2.07. The Morgan fingerprint density at radius 1 is 1.25 bits per heavy atom. The second-order valence-electron chi connectivity index (χ2n) is 5.10. The minimum Gasteiger partial charge on any atom is -0.397 e. The summed E-state index contributed by atoms with van der Waals surface area (Å²) in [7, 11) is 0. The molecule has 4 rings (SSSR count). The van der Waals surface area contributed by atoms with Gasteiger partial charge in [0.1, 0.15) is 11.3 Å². The highest BCUT2D eigenvalue weighted by atomic mass is 35.5. The van der Waals surface area contributed by atoms with Crippen molar-refractivity contribution in [2.24, 2.45) is 0 Å². The lowest BCUT2D eigenvalue weighted by atomic mass is 10.1. The van der Waals surface area contributed by atoms with E-state index in [1.54, 1.807) is 18.5 Å². The molecule has 0 saturated heterocycles. The lowest BCUT2D eigenvalue weighted by Gasteiger charge is -2.10. The van der Waals surface area contributed by atoms with E-state index in [-0.39, 0.29) is 0 Å². The molecule has 3 aromatic rings. The van der Waals surface area contributed by atoms with Crippen LogP contribution in [0.5, 0.6) is 0 Å². The van der Waals surface area contributed by atoms with Gasteiger partial charge in [-0.1, -0.05) is 17.7 Å². The summed E-state index contributed by atoms with van der Waals surface area (Å²) in [5, 5.41) is 0.565. The van der Waals surface area contributed by atoms with Gasteiger partial charge in [-0.2, -0.15) is 0 Å². The number of imidazole rings is 1. The summed E-state index contributed by atoms with van der Waals surface area (Å²) in [6.07, 6.45) is 5.95. The van der Waals surface area contributed by atoms with Gasteiger partial charge in [0.15, 0.2) is 0 Å². The van der Waals surface area contributed by atoms with Crippen molar-refractivity contribution in [3.05, 3.63) is 41.7 Å². The molecule has 0 unspecified atom stereocenters. The first-order chi connectivity index (χ1) is 9.75. The van der Waals surface area contributed by atoms with Gasteiger partial charge in [-0.05, 0) is 31.0 Å². The molecule has 0 spiro atoms. The van der Waals surface area contributed by atoms with Crippen LogP contribution in [0.3, 0.4) is 0 Å². The van der Waals surface area contributed by atoms with Crippen molar-refractivity contribution in [2.45, 2.75) is 18.9 Å². The average Bonchev–Trinajstić information content (AvgIpc) is 3.22. The van der Waals surface area contributed by atoms with Crippen molar-refractivity contribution in [1.29, 1.82) is 0 Å². The molecule has 1 saturated carbocycles. The van der Waals surface area contributed by atoms with Crippen LogP contribution in [0.4, 0.5) is 5.69 Å². The van der Waals surface area contributed by atoms with Crippen LogP contribution in [0.2, 0.25) is 5.02 Å². The predicted molar refractivity (Wildman–Crippen MR) is 80.7 cm³/mol. The number of nitrogens with zero attached hydrogens (tertiary/aromatic N) is 3. The molecule has 2 heterocycles. The summed E-state index contributed by atoms with van der Waals surface area (Å²) in [5.74, 6) is 0.885. The number of pyridine rings is 1. The summed E-state index contributed by atoms with van der Waals surface area (Å²) in [6, 6.07) is 8.19. The number of hydrogen-bond donors (Lipinski definition) is 1. The summed E-state index contributed by atoms with van der Waals surface area (Å²) in [6.45, 7) is 0. The molecule has 5 heteroatoms. The molecule has 2 N–H and O–H groups in total. The molecular formula is C15H13ClN4. The number of nitrogen functional groups attached to an aromatic ring is 1. The van der Waals surface area contributed by atoms with Crippen molar-refractivity contribution in [2.75, 3.05) is 5.73 Å². The third-order valence-corrected chi connectivity index (χ3v) is 4.03. The lowest BCUT2D eigenvalue weighted by molar-refractivity contribution is 0.775. The standard InChI is InChI=1S/C15H13ClN4/c16-11-3-1-2-10(14(11)17)15-19-12-8-18-7-6-13(12)20(15)9-4-5-9/h1-3,6-9H,4-5,17H2. The van der Waals surface area contributed by atoms with E-state index >= 15 is 0 Å². The first-order valence-corrected chi connectivity index (χ1v) is 7.00. The highest BCUT2D eigenvalue weighted by Gasteiger charge is 2.29. The van der Waals surface area contributed by atoms with Crippen LogP contribution in [0, 0.1) is 0 Å². The maximum absolute atomic E-state index is 6.14. The summed E-state index contributed by atoms with van der Waals surface area (Å²) >= 11 is 6.14. The van der Waals surface area contributed by atoms with Crippen LogP contribution in [0.25, 0.3) is 22.4 Å². The first-order valence-electron chi connectivity index (χ1n) is 6.62. The van der Waals surface area contributed by atoms with Crippen molar-refractivity contribution >= 4 is 28.3 Å². The molecule has 20 heavy (non-hydrogen) atoms. The van der Waals surface area contributed by atoms with E-state index in [9.17, 15) is 0 Å². The number of fused-ring (bicyclic) bond motifs is 1. The highest BCUT2D eigenvalue weighted by Crippen LogP contribution is 2.42. The second kappa shape index (κ2) is 4.21. The molecule has 1 fully saturated rings. The van der Waals surface area contributed by atoms with E-state index in [4.69, 9.17) is 22.3 Å². The molecule has 2 aromatic heterocycles. The van der Waals surface area contributed by atoms with E-state index in [0.29, 0.717) is 16.8 Å². The molecule has 100 valence electrons. The van der Waals surface area contributed by atoms with Crippen LogP contribution >= 0.6 is 11.6 Å². The van der Waals surface area contributed by atoms with Gasteiger partial charge in [0.05, 0.1) is 22.4 Å². The molecule has 1 aliphatic carbocycles. The number of para-hydroxylation sites is 1. The number of rotatable bonds is 2. The third-order valence-electron chi connectivity index (χ3n) is 3.70. The molecule has 0 radical (unpaired) electrons. The van der Waals surface area contributed by atoms with Gasteiger partial charge in [0.25, 0.3) is 0 Å². The maximum Gasteiger partial charge on any atom is 0.143 e. The number of hydrogen-bond acceptors (Lipinski definition) is 3. The average molecular weight is 285 g/mol. The number of anilines is 1. The predicted octanol–water partition coefficient (Wildman–Crippen LogP) is 3.67. The molecule has 0 aliphatic heterocycles. The smallest absolute Gasteiger partial charge is 0.143 e. The zero-order chi connectivity index (χ0) is 13.7. The van der Waals surface area contributed by atoms with E-state index in [1.807, 2.05) is 18.2 Å². The fourth-order valence-corrected chi connectivity index (χ4v) is 2.75. The molecule has 4 nitrogen and oxygen atoms in total. The van der Waals surface area contributed by atoms with Gasteiger partial charge in [0, 0.05) is 17.8 Å². The van der Waals surface area contributed by atoms with Crippen LogP contribution < -0.4 is 5.73 Å². The quantitative estimate of drug-likeness (QED) is 0.731. The number of benzene rings is 1. The molecule has 1 aliphatic rings. The molecule has 0 atom stereocenters. The van der Waals surface area contributed by atoms with Crippen molar-refractivity contribution in [1.82, 2.24) is 14.5 Å². The molecule has 0 amide bonds. The molecular weight excluding hydrogens is 272 g/mol. The Morgan fingerprint density at radius 3 is 2.90 bits per heavy atom. The summed E-state index contributed by atoms with van der Waals surface area (Å²) < 4.78 is 2.26. The van der Waals surface area contributed by atoms with Crippen LogP contribution in [-0.4, -0.2) is 14.5 Å². The topological polar surface area (TPSA) is 56.7 Å². The second-order valence-corrected chi connectivity index (χ2v) is 5.51. The largest absolute Gasteiger partial charge is 0.397 e. The summed E-state index contributed by atoms with van der Waals surface area (Å²) in [5.41, 5.74) is 9.60. The fraction of sp³-hybridized carbons (Fsp3) is 0.200. The maximum atomic E-state index is 6.14. The Morgan fingerprint density at radius 2 is 2.10 bits per heavy atom. The van der Waals surface area contributed by atoms with E-state index < -0.39 is 0 Å². The number of aromatic nitrogens is 3. The number of halogens is 1. The molecule has 0 bridgehead atoms. The minimum atomic E-state index is 0.510. The Labute approximate surface area is 121 Å². The minimum absolute atomic E-state index is 0.510. The van der Waals surface area contributed by atoms with E-state index in [2.05, 4.69) is 9.55 Å². The fourth-order valence-electron chi connectivity index (χ4n) is 2.58. The zero-order valence-corrected chi connectivity index (χ0v) is 11.5. The monoisotopic (exact) mass is 284 g/mol. The van der Waals surface area contributed by atoms with Gasteiger partial charge >= 0.3 is 0 Å². The normalized spacial score (nSPS) is 14.8. The third kappa shape index (κ3) is 1.68. The van der Waals surface area contributed by atoms with Gasteiger partial charge in [-0.15, -0.1) is 0 Å². The SMILES string of the molecule is Nc1c(Cl)cccc1-c1nc2cnccc2n1C1CC1. The van der Waals surface area contributed by atoms with Crippen molar-refractivity contribution in [3.63, 3.8) is 0 Å². The Kier molecular flexibility index (Phi) is 2.47. The zero-order valence-electron chi connectivity index (χ0n) is 10.8. The molecule has 1 aromatic carbocycles. The van der Waals surface area contributed by atoms with Crippen molar-refractivity contribution < 1.29 is 0 Å². The highest BCUT2D eigenvalue weighted by molar-refractivity contribution is 6.33.